The topological polar surface area (TPSA) is 24.9 Å². The minimum atomic E-state index is 0.122. The summed E-state index contributed by atoms with van der Waals surface area (Å²) in [6.07, 6.45) is 3.67. The third-order valence-corrected chi connectivity index (χ3v) is 3.53. The maximum absolute atomic E-state index is 4.11. The van der Waals surface area contributed by atoms with E-state index in [0.29, 0.717) is 0 Å². The molecule has 21 heavy (non-hydrogen) atoms. The van der Waals surface area contributed by atoms with Gasteiger partial charge >= 0.3 is 0 Å². The average molecular weight is 274 g/mol. The van der Waals surface area contributed by atoms with E-state index >= 15 is 0 Å². The lowest BCUT2D eigenvalue weighted by atomic mass is 9.99. The largest absolute Gasteiger partial charge is 0.374 e. The Hall–Kier alpha value is -2.61. The first-order valence-corrected chi connectivity index (χ1v) is 7.11. The van der Waals surface area contributed by atoms with Crippen molar-refractivity contribution in [1.29, 1.82) is 0 Å². The van der Waals surface area contributed by atoms with Gasteiger partial charge in [-0.25, -0.2) is 0 Å². The number of aromatic nitrogens is 1. The molecular formula is C19H18N2. The van der Waals surface area contributed by atoms with Gasteiger partial charge in [0.25, 0.3) is 0 Å². The minimum absolute atomic E-state index is 0.122. The van der Waals surface area contributed by atoms with Gasteiger partial charge in [-0.2, -0.15) is 0 Å². The Morgan fingerprint density at radius 1 is 0.762 bits per heavy atom. The van der Waals surface area contributed by atoms with Crippen molar-refractivity contribution in [3.8, 4) is 0 Å². The van der Waals surface area contributed by atoms with Crippen LogP contribution in [0.15, 0.2) is 79.1 Å². The number of nitrogens with zero attached hydrogens (tertiary/aromatic N) is 1. The van der Waals surface area contributed by atoms with Crippen molar-refractivity contribution in [3.05, 3.63) is 95.8 Å². The summed E-state index contributed by atoms with van der Waals surface area (Å²) in [5, 5.41) is 3.61. The number of nitrogens with one attached hydrogen (secondary N) is 1. The summed E-state index contributed by atoms with van der Waals surface area (Å²) in [7, 11) is 0. The Labute approximate surface area is 125 Å². The molecule has 3 aromatic rings. The molecule has 0 spiro atoms. The van der Waals surface area contributed by atoms with E-state index in [1.807, 2.05) is 18.5 Å². The highest BCUT2D eigenvalue weighted by Gasteiger charge is 2.13. The monoisotopic (exact) mass is 274 g/mol. The van der Waals surface area contributed by atoms with Gasteiger partial charge in [-0.1, -0.05) is 48.0 Å². The molecule has 0 aliphatic rings. The Bertz CT molecular complexity index is 636. The van der Waals surface area contributed by atoms with Crippen molar-refractivity contribution >= 4 is 5.69 Å². The molecule has 0 saturated heterocycles. The molecule has 2 heteroatoms. The Morgan fingerprint density at radius 2 is 1.38 bits per heavy atom. The zero-order valence-corrected chi connectivity index (χ0v) is 12.0. The third-order valence-electron chi connectivity index (χ3n) is 3.53. The van der Waals surface area contributed by atoms with Crippen LogP contribution in [0.5, 0.6) is 0 Å². The molecule has 2 aromatic carbocycles. The van der Waals surface area contributed by atoms with Gasteiger partial charge in [0.05, 0.1) is 6.04 Å². The minimum Gasteiger partial charge on any atom is -0.374 e. The highest BCUT2D eigenvalue weighted by molar-refractivity contribution is 5.49. The van der Waals surface area contributed by atoms with Crippen LogP contribution in [0.3, 0.4) is 0 Å². The molecule has 1 atom stereocenters. The first-order valence-electron chi connectivity index (χ1n) is 7.11. The number of hydrogen-bond acceptors (Lipinski definition) is 2. The molecular weight excluding hydrogens is 256 g/mol. The van der Waals surface area contributed by atoms with E-state index in [0.717, 1.165) is 5.69 Å². The number of pyridine rings is 1. The van der Waals surface area contributed by atoms with Crippen LogP contribution in [0, 0.1) is 6.92 Å². The quantitative estimate of drug-likeness (QED) is 0.752. The molecule has 1 aromatic heterocycles. The highest BCUT2D eigenvalue weighted by atomic mass is 14.9. The summed E-state index contributed by atoms with van der Waals surface area (Å²) in [6.45, 7) is 2.10. The molecule has 0 aliphatic carbocycles. The van der Waals surface area contributed by atoms with E-state index in [1.54, 1.807) is 0 Å². The van der Waals surface area contributed by atoms with Crippen molar-refractivity contribution in [2.45, 2.75) is 13.0 Å². The Morgan fingerprint density at radius 3 is 2.05 bits per heavy atom. The Kier molecular flexibility index (Phi) is 3.97. The third kappa shape index (κ3) is 3.29. The van der Waals surface area contributed by atoms with Crippen LogP contribution in [-0.2, 0) is 0 Å². The molecule has 0 radical (unpaired) electrons. The van der Waals surface area contributed by atoms with E-state index < -0.39 is 0 Å². The van der Waals surface area contributed by atoms with Crippen molar-refractivity contribution < 1.29 is 0 Å². The van der Waals surface area contributed by atoms with Gasteiger partial charge in [-0.15, -0.1) is 0 Å². The number of anilines is 1. The molecule has 104 valence electrons. The van der Waals surface area contributed by atoms with E-state index in [2.05, 4.69) is 77.9 Å². The van der Waals surface area contributed by atoms with Crippen LogP contribution in [0.1, 0.15) is 22.7 Å². The van der Waals surface area contributed by atoms with E-state index in [1.165, 1.54) is 16.7 Å². The van der Waals surface area contributed by atoms with Gasteiger partial charge in [0, 0.05) is 18.1 Å². The fourth-order valence-corrected chi connectivity index (χ4v) is 2.38. The van der Waals surface area contributed by atoms with Crippen LogP contribution in [0.4, 0.5) is 5.69 Å². The second kappa shape index (κ2) is 6.23. The number of benzene rings is 2. The summed E-state index contributed by atoms with van der Waals surface area (Å²) in [5.41, 5.74) is 4.83. The maximum atomic E-state index is 4.11. The average Bonchev–Trinajstić information content (AvgIpc) is 2.56. The van der Waals surface area contributed by atoms with E-state index in [4.69, 9.17) is 0 Å². The van der Waals surface area contributed by atoms with Crippen molar-refractivity contribution in [2.75, 3.05) is 5.32 Å². The van der Waals surface area contributed by atoms with Gasteiger partial charge in [-0.3, -0.25) is 4.98 Å². The molecule has 0 bridgehead atoms. The van der Waals surface area contributed by atoms with Crippen LogP contribution in [0.2, 0.25) is 0 Å². The second-order valence-electron chi connectivity index (χ2n) is 5.13. The second-order valence-corrected chi connectivity index (χ2v) is 5.13. The van der Waals surface area contributed by atoms with Gasteiger partial charge in [0.15, 0.2) is 0 Å². The molecule has 3 rings (SSSR count). The van der Waals surface area contributed by atoms with Gasteiger partial charge in [-0.05, 0) is 42.3 Å². The predicted molar refractivity (Wildman–Crippen MR) is 87.3 cm³/mol. The lowest BCUT2D eigenvalue weighted by molar-refractivity contribution is 0.934. The van der Waals surface area contributed by atoms with Gasteiger partial charge < -0.3 is 5.32 Å². The summed E-state index contributed by atoms with van der Waals surface area (Å²) in [6, 6.07) is 23.2. The fraction of sp³-hybridized carbons (Fsp3) is 0.105. The highest BCUT2D eigenvalue weighted by Crippen LogP contribution is 2.26. The SMILES string of the molecule is Cc1ccc(N[C@@H](c2ccccc2)c2ccncc2)cc1. The number of aryl methyl sites for hydroxylation is 1. The first kappa shape index (κ1) is 13.4. The molecule has 2 nitrogen and oxygen atoms in total. The summed E-state index contributed by atoms with van der Waals surface area (Å²) in [5.74, 6) is 0. The van der Waals surface area contributed by atoms with Gasteiger partial charge in [0.2, 0.25) is 0 Å². The summed E-state index contributed by atoms with van der Waals surface area (Å²) >= 11 is 0. The van der Waals surface area contributed by atoms with Crippen molar-refractivity contribution in [3.63, 3.8) is 0 Å². The summed E-state index contributed by atoms with van der Waals surface area (Å²) < 4.78 is 0. The molecule has 1 heterocycles. The predicted octanol–water partition coefficient (Wildman–Crippen LogP) is 4.59. The molecule has 1 N–H and O–H groups in total. The first-order chi connectivity index (χ1) is 10.3. The molecule has 0 amide bonds. The standard InChI is InChI=1S/C19H18N2/c1-15-7-9-18(10-8-15)21-19(16-5-3-2-4-6-16)17-11-13-20-14-12-17/h2-14,19,21H,1H3/t19-/m0/s1. The van der Waals surface area contributed by atoms with Gasteiger partial charge in [0.1, 0.15) is 0 Å². The fourth-order valence-electron chi connectivity index (χ4n) is 2.38. The van der Waals surface area contributed by atoms with Crippen molar-refractivity contribution in [1.82, 2.24) is 4.98 Å². The van der Waals surface area contributed by atoms with Crippen LogP contribution < -0.4 is 5.32 Å². The van der Waals surface area contributed by atoms with E-state index in [9.17, 15) is 0 Å². The van der Waals surface area contributed by atoms with Crippen LogP contribution >= 0.6 is 0 Å². The number of hydrogen-bond donors (Lipinski definition) is 1. The zero-order chi connectivity index (χ0) is 14.5. The number of rotatable bonds is 4. The maximum Gasteiger partial charge on any atom is 0.0768 e. The van der Waals surface area contributed by atoms with Crippen LogP contribution in [-0.4, -0.2) is 4.98 Å². The molecule has 0 fully saturated rings. The lowest BCUT2D eigenvalue weighted by Crippen LogP contribution is -2.12. The van der Waals surface area contributed by atoms with E-state index in [-0.39, 0.29) is 6.04 Å². The smallest absolute Gasteiger partial charge is 0.0768 e. The molecule has 0 saturated carbocycles. The Balaban J connectivity index is 1.95. The molecule has 0 aliphatic heterocycles. The zero-order valence-electron chi connectivity index (χ0n) is 12.0. The summed E-state index contributed by atoms with van der Waals surface area (Å²) in [4.78, 5) is 4.11. The van der Waals surface area contributed by atoms with Crippen molar-refractivity contribution in [2.24, 2.45) is 0 Å². The lowest BCUT2D eigenvalue weighted by Gasteiger charge is -2.21. The molecule has 0 unspecified atom stereocenters. The normalized spacial score (nSPS) is 11.9. The van der Waals surface area contributed by atoms with Crippen LogP contribution in [0.25, 0.3) is 0 Å².